The summed E-state index contributed by atoms with van der Waals surface area (Å²) in [6.45, 7) is 8.16. The number of carbonyl (C=O) groups is 1. The maximum absolute atomic E-state index is 13.0. The average molecular weight is 400 g/mol. The molecular weight excluding hydrogens is 372 g/mol. The van der Waals surface area contributed by atoms with Gasteiger partial charge in [-0.15, -0.1) is 0 Å². The van der Waals surface area contributed by atoms with Crippen molar-refractivity contribution in [2.24, 2.45) is 0 Å². The molecule has 3 aliphatic rings. The van der Waals surface area contributed by atoms with Crippen LogP contribution in [0.5, 0.6) is 5.75 Å². The first-order valence-corrected chi connectivity index (χ1v) is 10.1. The van der Waals surface area contributed by atoms with Gasteiger partial charge in [-0.25, -0.2) is 0 Å². The van der Waals surface area contributed by atoms with Crippen LogP contribution in [0.4, 0.5) is 11.4 Å². The molecule has 2 saturated heterocycles. The van der Waals surface area contributed by atoms with Gasteiger partial charge in [0.25, 0.3) is 5.91 Å². The van der Waals surface area contributed by atoms with Crippen LogP contribution in [0.25, 0.3) is 0 Å². The number of carbonyl (C=O) groups excluding carboxylic acids is 1. The van der Waals surface area contributed by atoms with Gasteiger partial charge >= 0.3 is 0 Å². The lowest BCUT2D eigenvalue weighted by molar-refractivity contribution is -0.112. The third kappa shape index (κ3) is 4.17. The van der Waals surface area contributed by atoms with Gasteiger partial charge in [-0.2, -0.15) is 0 Å². The lowest BCUT2D eigenvalue weighted by Crippen LogP contribution is -2.37. The number of nitrogens with zero attached hydrogens (tertiary/aromatic N) is 1. The average Bonchev–Trinajstić information content (AvgIpc) is 3.02. The fourth-order valence-electron chi connectivity index (χ4n) is 3.90. The Hall–Kier alpha value is -2.74. The summed E-state index contributed by atoms with van der Waals surface area (Å²) >= 11 is 0. The molecule has 8 heteroatoms. The van der Waals surface area contributed by atoms with E-state index < -0.39 is 0 Å². The monoisotopic (exact) mass is 400 g/mol. The van der Waals surface area contributed by atoms with E-state index in [2.05, 4.69) is 29.4 Å². The zero-order valence-corrected chi connectivity index (χ0v) is 17.0. The Labute approximate surface area is 170 Å². The molecule has 0 aromatic heterocycles. The molecule has 3 aliphatic heterocycles. The molecule has 0 unspecified atom stereocenters. The summed E-state index contributed by atoms with van der Waals surface area (Å²) in [4.78, 5) is 15.2. The molecule has 3 N–H and O–H groups in total. The van der Waals surface area contributed by atoms with E-state index >= 15 is 0 Å². The summed E-state index contributed by atoms with van der Waals surface area (Å²) in [6, 6.07) is 4.01. The highest BCUT2D eigenvalue weighted by Crippen LogP contribution is 2.42. The molecule has 3 heterocycles. The number of amides is 1. The van der Waals surface area contributed by atoms with E-state index in [4.69, 9.17) is 19.6 Å². The summed E-state index contributed by atoms with van der Waals surface area (Å²) in [5.74, 6) is 0.858. The van der Waals surface area contributed by atoms with Crippen LogP contribution < -0.4 is 20.3 Å². The molecular formula is C21H28N4O4. The lowest BCUT2D eigenvalue weighted by atomic mass is 10.0. The standard InChI is InChI=1S/C21H28N4O4/c1-21(2)12-14-10-16(17(11-18(14)29-21)25-5-8-27-9-6-25)24-19(26)15(13-22)20-23-4-3-7-28-20/h10-11,13,22-23H,3-9,12H2,1-2H3,(H,24,26)/b20-15-,22-13?. The Bertz CT molecular complexity index is 835. The Morgan fingerprint density at radius 1 is 1.28 bits per heavy atom. The highest BCUT2D eigenvalue weighted by atomic mass is 16.5. The van der Waals surface area contributed by atoms with Gasteiger partial charge in [0.05, 0.1) is 31.2 Å². The predicted molar refractivity (Wildman–Crippen MR) is 111 cm³/mol. The van der Waals surface area contributed by atoms with E-state index in [-0.39, 0.29) is 17.1 Å². The van der Waals surface area contributed by atoms with Crippen LogP contribution in [0, 0.1) is 5.41 Å². The van der Waals surface area contributed by atoms with Gasteiger partial charge in [-0.05, 0) is 26.3 Å². The zero-order chi connectivity index (χ0) is 20.4. The minimum Gasteiger partial charge on any atom is -0.487 e. The second-order valence-corrected chi connectivity index (χ2v) is 8.09. The van der Waals surface area contributed by atoms with E-state index in [1.807, 2.05) is 12.1 Å². The fourth-order valence-corrected chi connectivity index (χ4v) is 3.90. The zero-order valence-electron chi connectivity index (χ0n) is 17.0. The van der Waals surface area contributed by atoms with Crippen LogP contribution >= 0.6 is 0 Å². The van der Waals surface area contributed by atoms with Crippen molar-refractivity contribution >= 4 is 23.5 Å². The van der Waals surface area contributed by atoms with Crippen molar-refractivity contribution < 1.29 is 19.0 Å². The predicted octanol–water partition coefficient (Wildman–Crippen LogP) is 2.05. The number of rotatable bonds is 4. The van der Waals surface area contributed by atoms with E-state index in [1.165, 1.54) is 0 Å². The number of hydrogen-bond donors (Lipinski definition) is 3. The number of benzene rings is 1. The molecule has 0 aliphatic carbocycles. The smallest absolute Gasteiger partial charge is 0.262 e. The summed E-state index contributed by atoms with van der Waals surface area (Å²) in [7, 11) is 0. The lowest BCUT2D eigenvalue weighted by Gasteiger charge is -2.31. The molecule has 1 aromatic carbocycles. The van der Waals surface area contributed by atoms with E-state index in [0.717, 1.165) is 55.7 Å². The number of nitrogens with one attached hydrogen (secondary N) is 3. The summed E-state index contributed by atoms with van der Waals surface area (Å²) in [5.41, 5.74) is 2.61. The summed E-state index contributed by atoms with van der Waals surface area (Å²) in [5, 5.41) is 13.8. The summed E-state index contributed by atoms with van der Waals surface area (Å²) in [6.07, 6.45) is 2.69. The number of ether oxygens (including phenoxy) is 3. The van der Waals surface area contributed by atoms with Crippen LogP contribution in [0.15, 0.2) is 23.6 Å². The highest BCUT2D eigenvalue weighted by Gasteiger charge is 2.32. The third-order valence-electron chi connectivity index (χ3n) is 5.27. The van der Waals surface area contributed by atoms with Gasteiger partial charge in [0.2, 0.25) is 5.88 Å². The van der Waals surface area contributed by atoms with E-state index in [1.54, 1.807) is 0 Å². The molecule has 0 atom stereocenters. The topological polar surface area (TPSA) is 95.9 Å². The second-order valence-electron chi connectivity index (χ2n) is 8.09. The SMILES string of the molecule is CC1(C)Cc2cc(NC(=O)/C(C=N)=C3/NCCCO3)c(N3CCOCC3)cc2O1. The molecule has 8 nitrogen and oxygen atoms in total. The van der Waals surface area contributed by atoms with Crippen molar-refractivity contribution in [1.29, 1.82) is 5.41 Å². The maximum Gasteiger partial charge on any atom is 0.262 e. The minimum atomic E-state index is -0.364. The Morgan fingerprint density at radius 2 is 2.07 bits per heavy atom. The normalized spacial score (nSPS) is 21.9. The molecule has 29 heavy (non-hydrogen) atoms. The first-order valence-electron chi connectivity index (χ1n) is 10.1. The molecule has 0 radical (unpaired) electrons. The van der Waals surface area contributed by atoms with Crippen molar-refractivity contribution in [1.82, 2.24) is 5.32 Å². The number of anilines is 2. The first kappa shape index (κ1) is 19.6. The molecule has 0 spiro atoms. The molecule has 0 saturated carbocycles. The van der Waals surface area contributed by atoms with Gasteiger partial charge in [0, 0.05) is 43.9 Å². The van der Waals surface area contributed by atoms with Gasteiger partial charge in [-0.3, -0.25) is 4.79 Å². The third-order valence-corrected chi connectivity index (χ3v) is 5.27. The van der Waals surface area contributed by atoms with Gasteiger partial charge in [0.15, 0.2) is 0 Å². The van der Waals surface area contributed by atoms with Crippen molar-refractivity contribution in [2.75, 3.05) is 49.7 Å². The van der Waals surface area contributed by atoms with Crippen LogP contribution in [0.3, 0.4) is 0 Å². The summed E-state index contributed by atoms with van der Waals surface area (Å²) < 4.78 is 17.1. The number of hydrogen-bond acceptors (Lipinski definition) is 7. The molecule has 2 fully saturated rings. The van der Waals surface area contributed by atoms with Crippen LogP contribution in [0.2, 0.25) is 0 Å². The fraction of sp³-hybridized carbons (Fsp3) is 0.524. The quantitative estimate of drug-likeness (QED) is 0.529. The second kappa shape index (κ2) is 7.94. The molecule has 1 aromatic rings. The number of morpholine rings is 1. The minimum absolute atomic E-state index is 0.190. The molecule has 0 bridgehead atoms. The van der Waals surface area contributed by atoms with Crippen molar-refractivity contribution in [3.8, 4) is 5.75 Å². The Kier molecular flexibility index (Phi) is 5.36. The molecule has 1 amide bonds. The molecule has 4 rings (SSSR count). The van der Waals surface area contributed by atoms with Gasteiger partial charge in [0.1, 0.15) is 16.9 Å². The largest absolute Gasteiger partial charge is 0.487 e. The Balaban J connectivity index is 1.66. The van der Waals surface area contributed by atoms with E-state index in [0.29, 0.717) is 31.4 Å². The number of fused-ring (bicyclic) bond motifs is 1. The van der Waals surface area contributed by atoms with E-state index in [9.17, 15) is 4.79 Å². The van der Waals surface area contributed by atoms with Crippen molar-refractivity contribution in [2.45, 2.75) is 32.3 Å². The van der Waals surface area contributed by atoms with Crippen LogP contribution in [0.1, 0.15) is 25.8 Å². The van der Waals surface area contributed by atoms with Gasteiger partial charge < -0.3 is 35.2 Å². The van der Waals surface area contributed by atoms with Crippen molar-refractivity contribution in [3.63, 3.8) is 0 Å². The van der Waals surface area contributed by atoms with Crippen molar-refractivity contribution in [3.05, 3.63) is 29.2 Å². The maximum atomic E-state index is 13.0. The highest BCUT2D eigenvalue weighted by molar-refractivity contribution is 6.18. The Morgan fingerprint density at radius 3 is 2.76 bits per heavy atom. The molecule has 156 valence electrons. The van der Waals surface area contributed by atoms with Gasteiger partial charge in [-0.1, -0.05) is 0 Å². The van der Waals surface area contributed by atoms with Crippen LogP contribution in [-0.2, 0) is 20.7 Å². The first-order chi connectivity index (χ1) is 14.0. The van der Waals surface area contributed by atoms with Crippen LogP contribution in [-0.4, -0.2) is 57.2 Å².